The van der Waals surface area contributed by atoms with E-state index in [1.54, 1.807) is 86.8 Å². The molecule has 0 aromatic carbocycles. The number of rotatable bonds is 6. The van der Waals surface area contributed by atoms with E-state index in [0.29, 0.717) is 0 Å². The van der Waals surface area contributed by atoms with Crippen molar-refractivity contribution in [1.82, 2.24) is 5.32 Å². The zero-order chi connectivity index (χ0) is 53.7. The summed E-state index contributed by atoms with van der Waals surface area (Å²) in [5.41, 5.74) is 6.08. The lowest BCUT2D eigenvalue weighted by molar-refractivity contribution is -0.308. The third kappa shape index (κ3) is 20.4. The maximum atomic E-state index is 13.9. The summed E-state index contributed by atoms with van der Waals surface area (Å²) in [6, 6.07) is -2.75. The average Bonchev–Trinajstić information content (AvgIpc) is 3.31. The van der Waals surface area contributed by atoms with Crippen LogP contribution in [0.5, 0.6) is 0 Å². The minimum atomic E-state index is -2.44. The first-order chi connectivity index (χ1) is 34.0. The number of nitrogens with one attached hydrogen (secondary N) is 1. The molecule has 3 aliphatic rings. The highest BCUT2D eigenvalue weighted by Gasteiger charge is 2.51. The van der Waals surface area contributed by atoms with Crippen molar-refractivity contribution in [2.75, 3.05) is 13.7 Å². The number of fused-ring (bicyclic) bond motifs is 2. The second-order valence-corrected chi connectivity index (χ2v) is 19.0. The molecule has 21 heteroatoms. The topological polar surface area (TPSA) is 358 Å². The van der Waals surface area contributed by atoms with Crippen molar-refractivity contribution in [3.05, 3.63) is 85.1 Å². The van der Waals surface area contributed by atoms with E-state index in [-0.39, 0.29) is 38.0 Å². The molecule has 0 aromatic heterocycles. The SMILES string of the molecule is COC(=O)[C@H](CO)NC(=O)[C@H]1[C@@H]2C[C@@H](O[C@H]3O[C@@H](C)[C@H](O)[C@@H](N)[C@H]3O)/C=C/C=C/C=C/C=C/C=C/C=C/C=C/[C@H](C)[C@@H](O)[C@@H](C)[C@H](C)OC(=O)C[C@H](O)C[C@H](O)C[C@H](O)CC[C@@H](O)[C@H](O)C[C@](O)(C[C@@H]1O)O2. The number of esters is 2. The molecule has 3 rings (SSSR count). The summed E-state index contributed by atoms with van der Waals surface area (Å²) in [5, 5.41) is 122. The van der Waals surface area contributed by atoms with Gasteiger partial charge in [0.2, 0.25) is 5.91 Å². The number of aliphatic hydroxyl groups excluding tert-OH is 10. The maximum absolute atomic E-state index is 13.9. The number of nitrogens with two attached hydrogens (primary N) is 1. The maximum Gasteiger partial charge on any atom is 0.330 e. The predicted molar refractivity (Wildman–Crippen MR) is 260 cm³/mol. The standard InChI is InChI=1S/C51H80N2O19/c1-29-18-16-14-12-10-8-6-7-9-11-13-15-17-19-36(71-50-47(64)44(52)46(63)32(4)70-50)25-41-43(48(65)53-37(28-54)49(66)68-5)40(60)27-51(67,72-41)26-39(59)38(58)21-20-33(55)22-34(56)23-35(57)24-42(61)69-31(3)30(2)45(29)62/h6-19,29-41,43-47,50,54-60,62-64,67H,20-28,52H2,1-5H3,(H,53,65)/b7-6+,10-8+,11-9+,14-12+,15-13+,18-16+,19-17+/t29-,30-,31-,32-,33+,34+,35+,36-,37-,38+,39+,40-,41-,43+,44+,45+,46-,47+,50+,51+/m0/s1. The number of allylic oxidation sites excluding steroid dienone is 12. The van der Waals surface area contributed by atoms with Gasteiger partial charge in [0.05, 0.1) is 99.2 Å². The van der Waals surface area contributed by atoms with Crippen molar-refractivity contribution in [2.45, 2.75) is 183 Å². The molecule has 14 N–H and O–H groups in total. The predicted octanol–water partition coefficient (Wildman–Crippen LogP) is -0.723. The van der Waals surface area contributed by atoms with Crippen LogP contribution in [0.1, 0.15) is 79.1 Å². The minimum absolute atomic E-state index is 0.175. The molecule has 20 atom stereocenters. The lowest BCUT2D eigenvalue weighted by atomic mass is 9.82. The Hall–Kier alpha value is -4.01. The number of hydrogen-bond acceptors (Lipinski definition) is 20. The molecule has 0 unspecified atom stereocenters. The first-order valence-electron chi connectivity index (χ1n) is 24.5. The molecular weight excluding hydrogens is 945 g/mol. The van der Waals surface area contributed by atoms with Crippen molar-refractivity contribution < 1.29 is 94.2 Å². The van der Waals surface area contributed by atoms with Crippen LogP contribution < -0.4 is 11.1 Å². The zero-order valence-corrected chi connectivity index (χ0v) is 41.7. The molecule has 1 amide bonds. The smallest absolute Gasteiger partial charge is 0.330 e. The van der Waals surface area contributed by atoms with Crippen molar-refractivity contribution in [3.8, 4) is 0 Å². The Morgan fingerprint density at radius 2 is 1.28 bits per heavy atom. The van der Waals surface area contributed by atoms with Gasteiger partial charge in [0.1, 0.15) is 12.2 Å². The summed E-state index contributed by atoms with van der Waals surface area (Å²) in [5.74, 6) is -7.55. The van der Waals surface area contributed by atoms with Gasteiger partial charge in [-0.25, -0.2) is 4.79 Å². The number of carbonyl (C=O) groups excluding carboxylic acids is 3. The number of methoxy groups -OCH3 is 1. The lowest BCUT2D eigenvalue weighted by Crippen LogP contribution is -2.62. The summed E-state index contributed by atoms with van der Waals surface area (Å²) in [6.45, 7) is 5.82. The molecule has 3 aliphatic heterocycles. The Bertz CT molecular complexity index is 1870. The van der Waals surface area contributed by atoms with Gasteiger partial charge in [-0.05, 0) is 39.5 Å². The van der Waals surface area contributed by atoms with Crippen LogP contribution in [-0.4, -0.2) is 191 Å². The van der Waals surface area contributed by atoms with Gasteiger partial charge in [-0.15, -0.1) is 0 Å². The lowest BCUT2D eigenvalue weighted by Gasteiger charge is -2.46. The van der Waals surface area contributed by atoms with Gasteiger partial charge < -0.3 is 90.9 Å². The zero-order valence-electron chi connectivity index (χ0n) is 41.7. The fraction of sp³-hybridized carbons (Fsp3) is 0.667. The van der Waals surface area contributed by atoms with Crippen LogP contribution >= 0.6 is 0 Å². The van der Waals surface area contributed by atoms with Gasteiger partial charge in [-0.1, -0.05) is 98.9 Å². The first-order valence-corrected chi connectivity index (χ1v) is 24.5. The summed E-state index contributed by atoms with van der Waals surface area (Å²) < 4.78 is 28.2. The molecule has 72 heavy (non-hydrogen) atoms. The Labute approximate surface area is 421 Å². The molecule has 2 bridgehead atoms. The highest BCUT2D eigenvalue weighted by atomic mass is 16.7. The third-order valence-electron chi connectivity index (χ3n) is 13.0. The van der Waals surface area contributed by atoms with Gasteiger partial charge in [-0.2, -0.15) is 0 Å². The summed E-state index contributed by atoms with van der Waals surface area (Å²) in [6.07, 6.45) is 2.40. The van der Waals surface area contributed by atoms with Gasteiger partial charge in [-0.3, -0.25) is 9.59 Å². The van der Waals surface area contributed by atoms with Crippen molar-refractivity contribution in [3.63, 3.8) is 0 Å². The number of ether oxygens (including phenoxy) is 5. The number of carbonyl (C=O) groups is 3. The quantitative estimate of drug-likeness (QED) is 0.146. The highest BCUT2D eigenvalue weighted by Crippen LogP contribution is 2.38. The van der Waals surface area contributed by atoms with E-state index in [1.165, 1.54) is 13.0 Å². The summed E-state index contributed by atoms with van der Waals surface area (Å²) in [4.78, 5) is 38.9. The third-order valence-corrected chi connectivity index (χ3v) is 13.0. The fourth-order valence-corrected chi connectivity index (χ4v) is 8.56. The van der Waals surface area contributed by atoms with Crippen LogP contribution in [0.3, 0.4) is 0 Å². The van der Waals surface area contributed by atoms with Gasteiger partial charge >= 0.3 is 11.9 Å². The monoisotopic (exact) mass is 1020 g/mol. The highest BCUT2D eigenvalue weighted by molar-refractivity contribution is 5.86. The van der Waals surface area contributed by atoms with Crippen LogP contribution in [0.25, 0.3) is 0 Å². The second-order valence-electron chi connectivity index (χ2n) is 19.0. The van der Waals surface area contributed by atoms with Crippen molar-refractivity contribution in [2.24, 2.45) is 23.5 Å². The Balaban J connectivity index is 1.97. The van der Waals surface area contributed by atoms with E-state index in [0.717, 1.165) is 7.11 Å². The molecular formula is C51H80N2O19. The first kappa shape index (κ1) is 62.3. The van der Waals surface area contributed by atoms with Gasteiger partial charge in [0.25, 0.3) is 0 Å². The number of amides is 1. The Kier molecular flexibility index (Phi) is 26.8. The molecule has 0 spiro atoms. The van der Waals surface area contributed by atoms with E-state index in [2.05, 4.69) is 10.1 Å². The van der Waals surface area contributed by atoms with E-state index in [1.807, 2.05) is 13.0 Å². The van der Waals surface area contributed by atoms with E-state index < -0.39 is 159 Å². The van der Waals surface area contributed by atoms with Crippen LogP contribution in [0.2, 0.25) is 0 Å². The van der Waals surface area contributed by atoms with E-state index in [4.69, 9.17) is 24.7 Å². The van der Waals surface area contributed by atoms with E-state index in [9.17, 15) is 70.6 Å². The molecule has 408 valence electrons. The molecule has 0 saturated carbocycles. The largest absolute Gasteiger partial charge is 0.467 e. The minimum Gasteiger partial charge on any atom is -0.467 e. The Morgan fingerprint density at radius 3 is 1.86 bits per heavy atom. The average molecular weight is 1030 g/mol. The fourth-order valence-electron chi connectivity index (χ4n) is 8.56. The van der Waals surface area contributed by atoms with E-state index >= 15 is 0 Å². The molecule has 0 aliphatic carbocycles. The molecule has 3 heterocycles. The summed E-state index contributed by atoms with van der Waals surface area (Å²) >= 11 is 0. The number of hydrogen-bond donors (Lipinski definition) is 13. The van der Waals surface area contributed by atoms with Gasteiger partial charge in [0.15, 0.2) is 18.1 Å². The van der Waals surface area contributed by atoms with Crippen molar-refractivity contribution >= 4 is 17.8 Å². The molecule has 0 radical (unpaired) electrons. The second kappa shape index (κ2) is 31.0. The van der Waals surface area contributed by atoms with Crippen LogP contribution in [0.4, 0.5) is 0 Å². The number of cyclic esters (lactones) is 1. The number of aliphatic hydroxyl groups is 11. The normalized spacial score (nSPS) is 42.5. The molecule has 2 saturated heterocycles. The Morgan fingerprint density at radius 1 is 0.722 bits per heavy atom. The summed E-state index contributed by atoms with van der Waals surface area (Å²) in [7, 11) is 1.04. The van der Waals surface area contributed by atoms with Gasteiger partial charge in [0, 0.05) is 31.1 Å². The van der Waals surface area contributed by atoms with Crippen LogP contribution in [-0.2, 0) is 38.1 Å². The van der Waals surface area contributed by atoms with Crippen LogP contribution in [0, 0.1) is 17.8 Å². The molecule has 0 aromatic rings. The molecule has 2 fully saturated rings. The van der Waals surface area contributed by atoms with Crippen LogP contribution in [0.15, 0.2) is 85.1 Å². The molecule has 21 nitrogen and oxygen atoms in total. The van der Waals surface area contributed by atoms with Crippen molar-refractivity contribution in [1.29, 1.82) is 0 Å².